The Morgan fingerprint density at radius 3 is 1.95 bits per heavy atom. The molecule has 0 amide bonds. The van der Waals surface area contributed by atoms with E-state index in [0.717, 1.165) is 18.4 Å². The largest absolute Gasteiger partial charge is 0.207 e. The SMILES string of the molecule is CCCCCCCc1ccc([C@H]2CC[C@H](CCc3ccc(CCc4cc(F)c(Cl)c(F)c4)c(F)c3)CC2)cc1. The summed E-state index contributed by atoms with van der Waals surface area (Å²) in [7, 11) is 0. The van der Waals surface area contributed by atoms with Gasteiger partial charge in [-0.05, 0) is 122 Å². The van der Waals surface area contributed by atoms with Crippen molar-refractivity contribution in [3.63, 3.8) is 0 Å². The van der Waals surface area contributed by atoms with E-state index in [1.807, 2.05) is 12.1 Å². The lowest BCUT2D eigenvalue weighted by atomic mass is 9.76. The van der Waals surface area contributed by atoms with Gasteiger partial charge in [0.15, 0.2) is 0 Å². The number of hydrogen-bond acceptors (Lipinski definition) is 0. The molecule has 1 aliphatic carbocycles. The topological polar surface area (TPSA) is 0 Å². The quantitative estimate of drug-likeness (QED) is 0.145. The Kier molecular flexibility index (Phi) is 11.4. The predicted molar refractivity (Wildman–Crippen MR) is 157 cm³/mol. The molecule has 1 aliphatic rings. The Bertz CT molecular complexity index is 1160. The zero-order valence-corrected chi connectivity index (χ0v) is 24.0. The van der Waals surface area contributed by atoms with E-state index in [4.69, 9.17) is 11.6 Å². The van der Waals surface area contributed by atoms with E-state index in [1.54, 1.807) is 6.07 Å². The Labute approximate surface area is 238 Å². The summed E-state index contributed by atoms with van der Waals surface area (Å²) in [4.78, 5) is 0. The third-order valence-corrected chi connectivity index (χ3v) is 8.91. The molecule has 4 heteroatoms. The fourth-order valence-electron chi connectivity index (χ4n) is 6.02. The Morgan fingerprint density at radius 2 is 1.28 bits per heavy atom. The molecule has 3 aromatic rings. The van der Waals surface area contributed by atoms with E-state index in [1.165, 1.54) is 87.5 Å². The van der Waals surface area contributed by atoms with Crippen molar-refractivity contribution in [1.29, 1.82) is 0 Å². The van der Waals surface area contributed by atoms with Crippen LogP contribution in [0.4, 0.5) is 13.2 Å². The number of aryl methyl sites for hydroxylation is 4. The molecule has 0 atom stereocenters. The highest BCUT2D eigenvalue weighted by molar-refractivity contribution is 6.30. The summed E-state index contributed by atoms with van der Waals surface area (Å²) in [6.45, 7) is 2.26. The van der Waals surface area contributed by atoms with E-state index in [2.05, 4.69) is 31.2 Å². The highest BCUT2D eigenvalue weighted by Crippen LogP contribution is 2.37. The lowest BCUT2D eigenvalue weighted by Crippen LogP contribution is -2.14. The summed E-state index contributed by atoms with van der Waals surface area (Å²) in [5, 5.41) is -0.500. The van der Waals surface area contributed by atoms with Gasteiger partial charge in [-0.2, -0.15) is 0 Å². The third-order valence-electron chi connectivity index (χ3n) is 8.55. The summed E-state index contributed by atoms with van der Waals surface area (Å²) in [6, 6.07) is 17.3. The summed E-state index contributed by atoms with van der Waals surface area (Å²) in [5.41, 5.74) is 5.02. The number of halogens is 4. The van der Waals surface area contributed by atoms with Gasteiger partial charge in [-0.1, -0.05) is 80.6 Å². The van der Waals surface area contributed by atoms with E-state index in [9.17, 15) is 13.2 Å². The smallest absolute Gasteiger partial charge is 0.145 e. The van der Waals surface area contributed by atoms with E-state index in [0.29, 0.717) is 35.8 Å². The molecule has 4 rings (SSSR count). The minimum absolute atomic E-state index is 0.240. The van der Waals surface area contributed by atoms with Crippen LogP contribution in [0.2, 0.25) is 5.02 Å². The first-order valence-electron chi connectivity index (χ1n) is 14.9. The highest BCUT2D eigenvalue weighted by atomic mass is 35.5. The van der Waals surface area contributed by atoms with E-state index >= 15 is 0 Å². The van der Waals surface area contributed by atoms with Gasteiger partial charge in [-0.15, -0.1) is 0 Å². The second-order valence-corrected chi connectivity index (χ2v) is 11.8. The van der Waals surface area contributed by atoms with E-state index < -0.39 is 16.7 Å². The molecule has 0 nitrogen and oxygen atoms in total. The lowest BCUT2D eigenvalue weighted by molar-refractivity contribution is 0.310. The van der Waals surface area contributed by atoms with Gasteiger partial charge in [0.1, 0.15) is 22.5 Å². The van der Waals surface area contributed by atoms with Crippen molar-refractivity contribution in [3.8, 4) is 0 Å². The van der Waals surface area contributed by atoms with E-state index in [-0.39, 0.29) is 5.82 Å². The van der Waals surface area contributed by atoms with Crippen LogP contribution in [0.25, 0.3) is 0 Å². The summed E-state index contributed by atoms with van der Waals surface area (Å²) in [6.07, 6.45) is 15.5. The van der Waals surface area contributed by atoms with Crippen LogP contribution in [0.3, 0.4) is 0 Å². The van der Waals surface area contributed by atoms with Crippen LogP contribution in [0.5, 0.6) is 0 Å². The van der Waals surface area contributed by atoms with Crippen molar-refractivity contribution in [2.75, 3.05) is 0 Å². The second kappa shape index (κ2) is 14.9. The van der Waals surface area contributed by atoms with Crippen LogP contribution in [0.1, 0.15) is 105 Å². The van der Waals surface area contributed by atoms with Gasteiger partial charge < -0.3 is 0 Å². The van der Waals surface area contributed by atoms with Crippen molar-refractivity contribution >= 4 is 11.6 Å². The average Bonchev–Trinajstić information content (AvgIpc) is 2.95. The maximum atomic E-state index is 14.8. The van der Waals surface area contributed by atoms with Gasteiger partial charge in [-0.25, -0.2) is 13.2 Å². The normalized spacial score (nSPS) is 17.5. The number of unbranched alkanes of at least 4 members (excludes halogenated alkanes) is 4. The molecule has 0 heterocycles. The minimum atomic E-state index is -0.780. The van der Waals surface area contributed by atoms with Crippen molar-refractivity contribution < 1.29 is 13.2 Å². The second-order valence-electron chi connectivity index (χ2n) is 11.5. The molecule has 210 valence electrons. The fourth-order valence-corrected chi connectivity index (χ4v) is 6.13. The van der Waals surface area contributed by atoms with Gasteiger partial charge in [0.25, 0.3) is 0 Å². The van der Waals surface area contributed by atoms with Crippen LogP contribution < -0.4 is 0 Å². The molecule has 0 radical (unpaired) electrons. The molecular weight excluding hydrogens is 513 g/mol. The first-order valence-corrected chi connectivity index (χ1v) is 15.3. The maximum Gasteiger partial charge on any atom is 0.145 e. The van der Waals surface area contributed by atoms with Gasteiger partial charge >= 0.3 is 0 Å². The molecular formula is C35H42ClF3. The molecule has 0 aromatic heterocycles. The maximum absolute atomic E-state index is 14.8. The zero-order chi connectivity index (χ0) is 27.6. The molecule has 0 N–H and O–H groups in total. The summed E-state index contributed by atoms with van der Waals surface area (Å²) < 4.78 is 42.1. The molecule has 0 saturated heterocycles. The van der Waals surface area contributed by atoms with Gasteiger partial charge in [0.2, 0.25) is 0 Å². The fraction of sp³-hybridized carbons (Fsp3) is 0.486. The van der Waals surface area contributed by atoms with Gasteiger partial charge in [0.05, 0.1) is 0 Å². The molecule has 0 unspecified atom stereocenters. The number of rotatable bonds is 13. The number of benzene rings is 3. The van der Waals surface area contributed by atoms with Crippen LogP contribution in [0.15, 0.2) is 54.6 Å². The van der Waals surface area contributed by atoms with Crippen molar-refractivity contribution in [3.05, 3.63) is 105 Å². The number of hydrogen-bond donors (Lipinski definition) is 0. The highest BCUT2D eigenvalue weighted by Gasteiger charge is 2.22. The Balaban J connectivity index is 1.19. The van der Waals surface area contributed by atoms with Crippen molar-refractivity contribution in [2.45, 2.75) is 103 Å². The van der Waals surface area contributed by atoms with Crippen molar-refractivity contribution in [2.24, 2.45) is 5.92 Å². The minimum Gasteiger partial charge on any atom is -0.207 e. The van der Waals surface area contributed by atoms with Crippen molar-refractivity contribution in [1.82, 2.24) is 0 Å². The van der Waals surface area contributed by atoms with Crippen LogP contribution in [-0.2, 0) is 25.7 Å². The molecule has 1 fully saturated rings. The summed E-state index contributed by atoms with van der Waals surface area (Å²) >= 11 is 5.55. The Morgan fingerprint density at radius 1 is 0.641 bits per heavy atom. The van der Waals surface area contributed by atoms with Crippen LogP contribution >= 0.6 is 11.6 Å². The predicted octanol–water partition coefficient (Wildman–Crippen LogP) is 11.0. The van der Waals surface area contributed by atoms with Gasteiger partial charge in [0, 0.05) is 0 Å². The molecule has 0 bridgehead atoms. The zero-order valence-electron chi connectivity index (χ0n) is 23.3. The lowest BCUT2D eigenvalue weighted by Gasteiger charge is -2.29. The average molecular weight is 555 g/mol. The standard InChI is InChI=1S/C35H42ClF3/c1-2-3-4-5-6-7-25-10-16-29(17-11-25)30-18-12-26(13-19-30)8-9-27-14-20-31(32(37)22-27)21-15-28-23-33(38)35(36)34(39)24-28/h10-11,14,16-17,20,22-24,26,30H,2-9,12-13,15,18-19,21H2,1H3/t26-,30-. The molecule has 1 saturated carbocycles. The Hall–Kier alpha value is -2.26. The first kappa shape index (κ1) is 29.7. The van der Waals surface area contributed by atoms with Crippen LogP contribution in [0, 0.1) is 23.4 Å². The molecule has 39 heavy (non-hydrogen) atoms. The molecule has 0 spiro atoms. The third kappa shape index (κ3) is 8.87. The summed E-state index contributed by atoms with van der Waals surface area (Å²) in [5.74, 6) is -0.438. The van der Waals surface area contributed by atoms with Gasteiger partial charge in [-0.3, -0.25) is 0 Å². The molecule has 0 aliphatic heterocycles. The first-order chi connectivity index (χ1) is 18.9. The monoisotopic (exact) mass is 554 g/mol. The van der Waals surface area contributed by atoms with Crippen LogP contribution in [-0.4, -0.2) is 0 Å². The molecule has 3 aromatic carbocycles.